The highest BCUT2D eigenvalue weighted by molar-refractivity contribution is 6.43. The van der Waals surface area contributed by atoms with E-state index in [2.05, 4.69) is 17.2 Å². The minimum absolute atomic E-state index is 0.474. The predicted molar refractivity (Wildman–Crippen MR) is 121 cm³/mol. The Bertz CT molecular complexity index is 1110. The van der Waals surface area contributed by atoms with Gasteiger partial charge >= 0.3 is 0 Å². The van der Waals surface area contributed by atoms with Crippen LogP contribution in [-0.4, -0.2) is 6.21 Å². The van der Waals surface area contributed by atoms with Crippen molar-refractivity contribution in [3.05, 3.63) is 112 Å². The summed E-state index contributed by atoms with van der Waals surface area (Å²) < 4.78 is 5.92. The highest BCUT2D eigenvalue weighted by Gasteiger charge is 2.11. The Morgan fingerprint density at radius 1 is 0.793 bits per heavy atom. The second-order valence-electron chi connectivity index (χ2n) is 6.43. The summed E-state index contributed by atoms with van der Waals surface area (Å²) in [6, 6.07) is 29.4. The first-order valence-electron chi connectivity index (χ1n) is 9.15. The summed E-state index contributed by atoms with van der Waals surface area (Å²) in [4.78, 5) is 0. The molecule has 3 aromatic carbocycles. The molecule has 0 bridgehead atoms. The van der Waals surface area contributed by atoms with Crippen LogP contribution in [0.2, 0.25) is 10.0 Å². The van der Waals surface area contributed by atoms with E-state index in [0.717, 1.165) is 11.3 Å². The van der Waals surface area contributed by atoms with E-state index in [0.29, 0.717) is 28.1 Å². The van der Waals surface area contributed by atoms with E-state index in [9.17, 15) is 0 Å². The van der Waals surface area contributed by atoms with Crippen molar-refractivity contribution >= 4 is 35.1 Å². The molecule has 5 heteroatoms. The molecule has 0 fully saturated rings. The normalized spacial score (nSPS) is 11.1. The Balaban J connectivity index is 1.59. The van der Waals surface area contributed by atoms with Crippen LogP contribution in [0.3, 0.4) is 0 Å². The lowest BCUT2D eigenvalue weighted by molar-refractivity contribution is 0.574. The molecule has 0 saturated carbocycles. The van der Waals surface area contributed by atoms with Crippen LogP contribution in [-0.2, 0) is 6.54 Å². The molecule has 1 heterocycles. The SMILES string of the molecule is Clc1cccc(-c2ccc(/C=N/N(Cc3ccccc3)c3ccccc3)o2)c1Cl. The van der Waals surface area contributed by atoms with Crippen molar-refractivity contribution in [3.8, 4) is 11.3 Å². The number of hydrazone groups is 1. The smallest absolute Gasteiger partial charge is 0.147 e. The highest BCUT2D eigenvalue weighted by atomic mass is 35.5. The van der Waals surface area contributed by atoms with E-state index in [-0.39, 0.29) is 0 Å². The van der Waals surface area contributed by atoms with Crippen molar-refractivity contribution in [2.24, 2.45) is 5.10 Å². The van der Waals surface area contributed by atoms with E-state index in [4.69, 9.17) is 27.6 Å². The van der Waals surface area contributed by atoms with E-state index in [1.165, 1.54) is 5.56 Å². The van der Waals surface area contributed by atoms with Crippen LogP contribution < -0.4 is 5.01 Å². The van der Waals surface area contributed by atoms with Crippen molar-refractivity contribution in [2.75, 3.05) is 5.01 Å². The van der Waals surface area contributed by atoms with Crippen molar-refractivity contribution in [1.29, 1.82) is 0 Å². The molecule has 0 unspecified atom stereocenters. The third-order valence-corrected chi connectivity index (χ3v) is 5.22. The zero-order valence-corrected chi connectivity index (χ0v) is 17.0. The Morgan fingerprint density at radius 2 is 1.52 bits per heavy atom. The average Bonchev–Trinajstić information content (AvgIpc) is 3.23. The van der Waals surface area contributed by atoms with Crippen LogP contribution >= 0.6 is 23.2 Å². The Morgan fingerprint density at radius 3 is 2.28 bits per heavy atom. The van der Waals surface area contributed by atoms with Crippen molar-refractivity contribution in [2.45, 2.75) is 6.54 Å². The molecule has 0 aliphatic heterocycles. The van der Waals surface area contributed by atoms with Gasteiger partial charge in [-0.1, -0.05) is 77.8 Å². The van der Waals surface area contributed by atoms with Crippen LogP contribution in [0.25, 0.3) is 11.3 Å². The third-order valence-electron chi connectivity index (χ3n) is 4.40. The third kappa shape index (κ3) is 4.70. The van der Waals surface area contributed by atoms with Gasteiger partial charge in [-0.05, 0) is 42.0 Å². The molecule has 3 nitrogen and oxygen atoms in total. The van der Waals surface area contributed by atoms with Gasteiger partial charge in [0.15, 0.2) is 0 Å². The van der Waals surface area contributed by atoms with Gasteiger partial charge in [-0.25, -0.2) is 0 Å². The van der Waals surface area contributed by atoms with Crippen LogP contribution in [0.4, 0.5) is 5.69 Å². The zero-order chi connectivity index (χ0) is 20.1. The molecule has 4 rings (SSSR count). The van der Waals surface area contributed by atoms with Gasteiger partial charge in [-0.3, -0.25) is 5.01 Å². The molecule has 0 aliphatic carbocycles. The fourth-order valence-corrected chi connectivity index (χ4v) is 3.34. The number of nitrogens with zero attached hydrogens (tertiary/aromatic N) is 2. The lowest BCUT2D eigenvalue weighted by atomic mass is 10.2. The number of hydrogen-bond donors (Lipinski definition) is 0. The van der Waals surface area contributed by atoms with E-state index in [1.54, 1.807) is 12.3 Å². The van der Waals surface area contributed by atoms with Gasteiger partial charge in [-0.2, -0.15) is 5.10 Å². The maximum atomic E-state index is 6.30. The first kappa shape index (κ1) is 19.3. The second-order valence-corrected chi connectivity index (χ2v) is 7.21. The molecule has 144 valence electrons. The molecule has 1 aromatic heterocycles. The van der Waals surface area contributed by atoms with Crippen molar-refractivity contribution < 1.29 is 4.42 Å². The van der Waals surface area contributed by atoms with Crippen LogP contribution in [0.5, 0.6) is 0 Å². The minimum atomic E-state index is 0.474. The number of para-hydroxylation sites is 1. The van der Waals surface area contributed by atoms with E-state index < -0.39 is 0 Å². The summed E-state index contributed by atoms with van der Waals surface area (Å²) in [5, 5.41) is 7.56. The number of rotatable bonds is 6. The molecule has 29 heavy (non-hydrogen) atoms. The van der Waals surface area contributed by atoms with Crippen LogP contribution in [0.15, 0.2) is 101 Å². The van der Waals surface area contributed by atoms with Gasteiger partial charge in [0.05, 0.1) is 28.5 Å². The topological polar surface area (TPSA) is 28.7 Å². The van der Waals surface area contributed by atoms with Crippen molar-refractivity contribution in [1.82, 2.24) is 0 Å². The Kier molecular flexibility index (Phi) is 5.99. The number of hydrogen-bond acceptors (Lipinski definition) is 3. The number of anilines is 1. The van der Waals surface area contributed by atoms with Gasteiger partial charge in [-0.15, -0.1) is 0 Å². The summed E-state index contributed by atoms with van der Waals surface area (Å²) >= 11 is 12.4. The minimum Gasteiger partial charge on any atom is -0.455 e. The molecule has 0 atom stereocenters. The molecule has 4 aromatic rings. The summed E-state index contributed by atoms with van der Waals surface area (Å²) in [6.45, 7) is 0.648. The summed E-state index contributed by atoms with van der Waals surface area (Å²) in [5.74, 6) is 1.28. The molecule has 0 saturated heterocycles. The lowest BCUT2D eigenvalue weighted by Crippen LogP contribution is -2.15. The summed E-state index contributed by atoms with van der Waals surface area (Å²) in [5.41, 5.74) is 2.92. The predicted octanol–water partition coefficient (Wildman–Crippen LogP) is 7.29. The Labute approximate surface area is 179 Å². The number of benzene rings is 3. The quantitative estimate of drug-likeness (QED) is 0.242. The standard InChI is InChI=1S/C24H18Cl2N2O/c25-22-13-7-12-21(24(22)26)23-15-14-20(29-23)16-27-28(19-10-5-2-6-11-19)17-18-8-3-1-4-9-18/h1-16H,17H2/b27-16+. The molecule has 0 amide bonds. The molecule has 0 radical (unpaired) electrons. The summed E-state index contributed by atoms with van der Waals surface area (Å²) in [6.07, 6.45) is 1.71. The summed E-state index contributed by atoms with van der Waals surface area (Å²) in [7, 11) is 0. The monoisotopic (exact) mass is 420 g/mol. The van der Waals surface area contributed by atoms with E-state index in [1.807, 2.05) is 77.8 Å². The van der Waals surface area contributed by atoms with Gasteiger partial charge in [0.25, 0.3) is 0 Å². The molecular formula is C24H18Cl2N2O. The first-order valence-corrected chi connectivity index (χ1v) is 9.91. The first-order chi connectivity index (χ1) is 14.2. The molecule has 0 N–H and O–H groups in total. The lowest BCUT2D eigenvalue weighted by Gasteiger charge is -2.19. The average molecular weight is 421 g/mol. The maximum absolute atomic E-state index is 6.30. The molecule has 0 aliphatic rings. The highest BCUT2D eigenvalue weighted by Crippen LogP contribution is 2.34. The largest absolute Gasteiger partial charge is 0.455 e. The van der Waals surface area contributed by atoms with Gasteiger partial charge in [0.1, 0.15) is 11.5 Å². The van der Waals surface area contributed by atoms with Gasteiger partial charge < -0.3 is 4.42 Å². The van der Waals surface area contributed by atoms with Crippen LogP contribution in [0.1, 0.15) is 11.3 Å². The van der Waals surface area contributed by atoms with Crippen LogP contribution in [0, 0.1) is 0 Å². The fourth-order valence-electron chi connectivity index (χ4n) is 2.94. The molecular weight excluding hydrogens is 403 g/mol. The zero-order valence-electron chi connectivity index (χ0n) is 15.5. The van der Waals surface area contributed by atoms with Crippen molar-refractivity contribution in [3.63, 3.8) is 0 Å². The van der Waals surface area contributed by atoms with E-state index >= 15 is 0 Å². The van der Waals surface area contributed by atoms with Gasteiger partial charge in [0, 0.05) is 5.56 Å². The number of halogens is 2. The van der Waals surface area contributed by atoms with Gasteiger partial charge in [0.2, 0.25) is 0 Å². The second kappa shape index (κ2) is 8.99. The fraction of sp³-hybridized carbons (Fsp3) is 0.0417. The maximum Gasteiger partial charge on any atom is 0.147 e. The molecule has 0 spiro atoms. The Hall–Kier alpha value is -3.01. The number of furan rings is 1.